The van der Waals surface area contributed by atoms with Crippen LogP contribution in [0, 0.1) is 6.92 Å². The van der Waals surface area contributed by atoms with Crippen molar-refractivity contribution in [1.29, 1.82) is 0 Å². The molecule has 6 heteroatoms. The van der Waals surface area contributed by atoms with Crippen LogP contribution in [0.15, 0.2) is 24.3 Å². The zero-order valence-electron chi connectivity index (χ0n) is 19.9. The van der Waals surface area contributed by atoms with Crippen LogP contribution in [0.5, 0.6) is 0 Å². The van der Waals surface area contributed by atoms with Gasteiger partial charge in [-0.25, -0.2) is 9.97 Å². The highest BCUT2D eigenvalue weighted by molar-refractivity contribution is 5.65. The molecule has 2 aromatic rings. The topological polar surface area (TPSA) is 38.7 Å². The molecule has 0 amide bonds. The van der Waals surface area contributed by atoms with Crippen molar-refractivity contribution in [2.45, 2.75) is 39.5 Å². The standard InChI is InChI=1S/C26H38N6/c1-3-29-17-19-31(20-18-29)23-9-7-22(8-10-23)25-27-21(2)24-11-16-32(26(24)28-25)15-6-14-30-12-4-5-13-30/h7-10H,3-6,11-20H2,1-2H3. The molecule has 3 aliphatic rings. The summed E-state index contributed by atoms with van der Waals surface area (Å²) in [5.41, 5.74) is 4.92. The van der Waals surface area contributed by atoms with Gasteiger partial charge in [0.25, 0.3) is 0 Å². The van der Waals surface area contributed by atoms with E-state index in [0.29, 0.717) is 0 Å². The number of fused-ring (bicyclic) bond motifs is 1. The molecule has 2 saturated heterocycles. The van der Waals surface area contributed by atoms with E-state index >= 15 is 0 Å². The van der Waals surface area contributed by atoms with Gasteiger partial charge >= 0.3 is 0 Å². The number of hydrogen-bond donors (Lipinski definition) is 0. The maximum absolute atomic E-state index is 5.06. The van der Waals surface area contributed by atoms with E-state index in [0.717, 1.165) is 69.3 Å². The molecule has 5 rings (SSSR count). The molecular weight excluding hydrogens is 396 g/mol. The molecule has 0 unspecified atom stereocenters. The highest BCUT2D eigenvalue weighted by Crippen LogP contribution is 2.31. The van der Waals surface area contributed by atoms with E-state index in [1.807, 2.05) is 0 Å². The highest BCUT2D eigenvalue weighted by atomic mass is 15.3. The molecule has 0 spiro atoms. The number of aryl methyl sites for hydroxylation is 1. The minimum atomic E-state index is 0.870. The Morgan fingerprint density at radius 2 is 1.56 bits per heavy atom. The molecule has 32 heavy (non-hydrogen) atoms. The van der Waals surface area contributed by atoms with Gasteiger partial charge in [-0.3, -0.25) is 0 Å². The number of likely N-dealkylation sites (N-methyl/N-ethyl adjacent to an activating group) is 1. The molecular formula is C26H38N6. The largest absolute Gasteiger partial charge is 0.369 e. The second-order valence-electron chi connectivity index (χ2n) is 9.54. The zero-order chi connectivity index (χ0) is 21.9. The molecule has 4 heterocycles. The lowest BCUT2D eigenvalue weighted by Crippen LogP contribution is -2.46. The first-order valence-electron chi connectivity index (χ1n) is 12.6. The number of rotatable bonds is 7. The first-order valence-corrected chi connectivity index (χ1v) is 12.6. The van der Waals surface area contributed by atoms with Crippen LogP contribution in [0.2, 0.25) is 0 Å². The Kier molecular flexibility index (Phi) is 6.60. The summed E-state index contributed by atoms with van der Waals surface area (Å²) in [6, 6.07) is 8.90. The van der Waals surface area contributed by atoms with Crippen LogP contribution in [-0.4, -0.2) is 85.2 Å². The van der Waals surface area contributed by atoms with Gasteiger partial charge in [0.2, 0.25) is 0 Å². The van der Waals surface area contributed by atoms with E-state index in [2.05, 4.69) is 57.7 Å². The van der Waals surface area contributed by atoms with Crippen LogP contribution in [0.4, 0.5) is 11.5 Å². The van der Waals surface area contributed by atoms with Crippen molar-refractivity contribution < 1.29 is 0 Å². The van der Waals surface area contributed by atoms with Crippen LogP contribution in [-0.2, 0) is 6.42 Å². The number of likely N-dealkylation sites (tertiary alicyclic amines) is 1. The number of piperazine rings is 1. The van der Waals surface area contributed by atoms with E-state index in [9.17, 15) is 0 Å². The number of anilines is 2. The molecule has 6 nitrogen and oxygen atoms in total. The van der Waals surface area contributed by atoms with Gasteiger partial charge in [0.1, 0.15) is 5.82 Å². The fourth-order valence-corrected chi connectivity index (χ4v) is 5.47. The predicted octanol–water partition coefficient (Wildman–Crippen LogP) is 3.44. The fourth-order valence-electron chi connectivity index (χ4n) is 5.47. The Hall–Kier alpha value is -2.18. The van der Waals surface area contributed by atoms with Gasteiger partial charge in [-0.2, -0.15) is 0 Å². The maximum atomic E-state index is 5.06. The summed E-state index contributed by atoms with van der Waals surface area (Å²) >= 11 is 0. The quantitative estimate of drug-likeness (QED) is 0.665. The lowest BCUT2D eigenvalue weighted by molar-refractivity contribution is 0.271. The van der Waals surface area contributed by atoms with Gasteiger partial charge in [0, 0.05) is 61.8 Å². The van der Waals surface area contributed by atoms with Crippen LogP contribution in [0.1, 0.15) is 37.4 Å². The molecule has 0 bridgehead atoms. The summed E-state index contributed by atoms with van der Waals surface area (Å²) in [6.45, 7) is 16.0. The molecule has 0 radical (unpaired) electrons. The fraction of sp³-hybridized carbons (Fsp3) is 0.615. The number of hydrogen-bond acceptors (Lipinski definition) is 6. The van der Waals surface area contributed by atoms with Crippen molar-refractivity contribution in [2.75, 3.05) is 75.2 Å². The van der Waals surface area contributed by atoms with Crippen LogP contribution >= 0.6 is 0 Å². The first-order chi connectivity index (χ1) is 15.7. The van der Waals surface area contributed by atoms with Crippen LogP contribution in [0.25, 0.3) is 11.4 Å². The molecule has 172 valence electrons. The predicted molar refractivity (Wildman–Crippen MR) is 133 cm³/mol. The molecule has 1 aromatic carbocycles. The Morgan fingerprint density at radius 3 is 2.28 bits per heavy atom. The van der Waals surface area contributed by atoms with Crippen molar-refractivity contribution in [1.82, 2.24) is 19.8 Å². The van der Waals surface area contributed by atoms with Crippen LogP contribution < -0.4 is 9.80 Å². The van der Waals surface area contributed by atoms with Crippen molar-refractivity contribution >= 4 is 11.5 Å². The van der Waals surface area contributed by atoms with E-state index < -0.39 is 0 Å². The van der Waals surface area contributed by atoms with Gasteiger partial charge in [0.05, 0.1) is 0 Å². The SMILES string of the molecule is CCN1CCN(c2ccc(-c3nc(C)c4c(n3)N(CCCN3CCCC3)CC4)cc2)CC1. The Morgan fingerprint density at radius 1 is 0.812 bits per heavy atom. The summed E-state index contributed by atoms with van der Waals surface area (Å²) in [6.07, 6.45) is 5.04. The third-order valence-corrected chi connectivity index (χ3v) is 7.53. The Bertz CT molecular complexity index is 897. The molecule has 0 atom stereocenters. The number of aromatic nitrogens is 2. The van der Waals surface area contributed by atoms with Gasteiger partial charge in [-0.05, 0) is 83.1 Å². The average molecular weight is 435 g/mol. The van der Waals surface area contributed by atoms with Crippen LogP contribution in [0.3, 0.4) is 0 Å². The van der Waals surface area contributed by atoms with E-state index in [4.69, 9.17) is 9.97 Å². The Labute approximate surface area is 193 Å². The van der Waals surface area contributed by atoms with Crippen molar-refractivity contribution in [3.05, 3.63) is 35.5 Å². The van der Waals surface area contributed by atoms with Gasteiger partial charge < -0.3 is 19.6 Å². The van der Waals surface area contributed by atoms with Gasteiger partial charge in [0.15, 0.2) is 5.82 Å². The lowest BCUT2D eigenvalue weighted by atomic mass is 10.1. The summed E-state index contributed by atoms with van der Waals surface area (Å²) in [7, 11) is 0. The summed E-state index contributed by atoms with van der Waals surface area (Å²) < 4.78 is 0. The Balaban J connectivity index is 1.27. The third-order valence-electron chi connectivity index (χ3n) is 7.53. The average Bonchev–Trinajstić information content (AvgIpc) is 3.50. The van der Waals surface area contributed by atoms with Crippen molar-refractivity contribution in [3.63, 3.8) is 0 Å². The molecule has 3 aliphatic heterocycles. The molecule has 2 fully saturated rings. The second kappa shape index (κ2) is 9.75. The normalized spacial score (nSPS) is 19.7. The van der Waals surface area contributed by atoms with E-state index in [-0.39, 0.29) is 0 Å². The monoisotopic (exact) mass is 434 g/mol. The molecule has 0 aliphatic carbocycles. The number of benzene rings is 1. The maximum Gasteiger partial charge on any atom is 0.161 e. The summed E-state index contributed by atoms with van der Waals surface area (Å²) in [4.78, 5) is 20.1. The zero-order valence-corrected chi connectivity index (χ0v) is 19.9. The van der Waals surface area contributed by atoms with E-state index in [1.165, 1.54) is 56.0 Å². The molecule has 1 aromatic heterocycles. The lowest BCUT2D eigenvalue weighted by Gasteiger charge is -2.35. The highest BCUT2D eigenvalue weighted by Gasteiger charge is 2.25. The summed E-state index contributed by atoms with van der Waals surface area (Å²) in [5.74, 6) is 2.05. The third kappa shape index (κ3) is 4.62. The number of nitrogens with zero attached hydrogens (tertiary/aromatic N) is 6. The smallest absolute Gasteiger partial charge is 0.161 e. The van der Waals surface area contributed by atoms with E-state index in [1.54, 1.807) is 0 Å². The van der Waals surface area contributed by atoms with Gasteiger partial charge in [-0.15, -0.1) is 0 Å². The molecule has 0 N–H and O–H groups in total. The summed E-state index contributed by atoms with van der Waals surface area (Å²) in [5, 5.41) is 0. The minimum Gasteiger partial charge on any atom is -0.369 e. The minimum absolute atomic E-state index is 0.870. The molecule has 0 saturated carbocycles. The second-order valence-corrected chi connectivity index (χ2v) is 9.54. The van der Waals surface area contributed by atoms with Crippen molar-refractivity contribution in [2.24, 2.45) is 0 Å². The van der Waals surface area contributed by atoms with Gasteiger partial charge in [-0.1, -0.05) is 6.92 Å². The van der Waals surface area contributed by atoms with Crippen molar-refractivity contribution in [3.8, 4) is 11.4 Å². The first kappa shape index (κ1) is 21.7.